The molecule has 0 bridgehead atoms. The number of rotatable bonds is 7. The summed E-state index contributed by atoms with van der Waals surface area (Å²) < 4.78 is 5.45. The van der Waals surface area contributed by atoms with Gasteiger partial charge in [0.2, 0.25) is 0 Å². The number of benzene rings is 1. The maximum absolute atomic E-state index is 5.45. The Kier molecular flexibility index (Phi) is 10.9. The maximum atomic E-state index is 5.45. The molecule has 1 aromatic rings. The Morgan fingerprint density at radius 2 is 1.90 bits per heavy atom. The van der Waals surface area contributed by atoms with E-state index in [0.717, 1.165) is 31.5 Å². The molecule has 1 aromatic carbocycles. The minimum atomic E-state index is 0. The van der Waals surface area contributed by atoms with Gasteiger partial charge < -0.3 is 10.1 Å². The first-order valence-electron chi connectivity index (χ1n) is 7.50. The molecule has 1 aliphatic heterocycles. The van der Waals surface area contributed by atoms with E-state index in [1.807, 2.05) is 6.92 Å². The molecular formula is C16H28Cl2N2O. The van der Waals surface area contributed by atoms with Crippen LogP contribution < -0.4 is 10.1 Å². The second-order valence-electron chi connectivity index (χ2n) is 5.13. The lowest BCUT2D eigenvalue weighted by Crippen LogP contribution is -2.37. The fourth-order valence-electron chi connectivity index (χ4n) is 2.80. The van der Waals surface area contributed by atoms with Gasteiger partial charge in [-0.3, -0.25) is 4.90 Å². The van der Waals surface area contributed by atoms with Crippen LogP contribution in [0.1, 0.15) is 32.3 Å². The standard InChI is InChI=1S/C16H26N2O.2ClH/c1-3-18-11-5-6-15(18)13-17-12-14-7-9-16(10-8-14)19-4-2;;/h7-10,15,17H,3-6,11-13H2,1-2H3;2*1H. The van der Waals surface area contributed by atoms with Gasteiger partial charge in [0.15, 0.2) is 0 Å². The molecule has 1 unspecified atom stereocenters. The molecule has 122 valence electrons. The summed E-state index contributed by atoms with van der Waals surface area (Å²) in [6.07, 6.45) is 2.69. The van der Waals surface area contributed by atoms with E-state index in [-0.39, 0.29) is 24.8 Å². The zero-order valence-corrected chi connectivity index (χ0v) is 14.6. The van der Waals surface area contributed by atoms with Crippen LogP contribution in [0.15, 0.2) is 24.3 Å². The van der Waals surface area contributed by atoms with Crippen molar-refractivity contribution < 1.29 is 4.74 Å². The topological polar surface area (TPSA) is 24.5 Å². The molecule has 1 aliphatic rings. The summed E-state index contributed by atoms with van der Waals surface area (Å²) in [5, 5.41) is 3.58. The summed E-state index contributed by atoms with van der Waals surface area (Å²) in [5.41, 5.74) is 1.32. The average molecular weight is 335 g/mol. The molecular weight excluding hydrogens is 307 g/mol. The van der Waals surface area contributed by atoms with Crippen molar-refractivity contribution in [2.45, 2.75) is 39.3 Å². The van der Waals surface area contributed by atoms with Crippen LogP contribution in [0.3, 0.4) is 0 Å². The fraction of sp³-hybridized carbons (Fsp3) is 0.625. The van der Waals surface area contributed by atoms with Crippen LogP contribution in [0.4, 0.5) is 0 Å². The molecule has 0 amide bonds. The molecule has 0 aromatic heterocycles. The van der Waals surface area contributed by atoms with Crippen molar-refractivity contribution in [1.29, 1.82) is 0 Å². The molecule has 0 saturated carbocycles. The van der Waals surface area contributed by atoms with Crippen LogP contribution in [0.5, 0.6) is 5.75 Å². The Hall–Kier alpha value is -0.480. The smallest absolute Gasteiger partial charge is 0.119 e. The number of ether oxygens (including phenoxy) is 1. The molecule has 21 heavy (non-hydrogen) atoms. The highest BCUT2D eigenvalue weighted by Gasteiger charge is 2.21. The lowest BCUT2D eigenvalue weighted by Gasteiger charge is -2.23. The first kappa shape index (κ1) is 20.5. The highest BCUT2D eigenvalue weighted by molar-refractivity contribution is 5.85. The number of hydrogen-bond acceptors (Lipinski definition) is 3. The number of likely N-dealkylation sites (N-methyl/N-ethyl adjacent to an activating group) is 1. The van der Waals surface area contributed by atoms with Gasteiger partial charge in [0, 0.05) is 19.1 Å². The van der Waals surface area contributed by atoms with Gasteiger partial charge in [-0.15, -0.1) is 24.8 Å². The number of hydrogen-bond donors (Lipinski definition) is 1. The van der Waals surface area contributed by atoms with Crippen LogP contribution in [-0.2, 0) is 6.54 Å². The third kappa shape index (κ3) is 6.43. The number of nitrogens with one attached hydrogen (secondary N) is 1. The summed E-state index contributed by atoms with van der Waals surface area (Å²) >= 11 is 0. The molecule has 1 atom stereocenters. The quantitative estimate of drug-likeness (QED) is 0.825. The Bertz CT molecular complexity index is 373. The van der Waals surface area contributed by atoms with Crippen molar-refractivity contribution in [2.75, 3.05) is 26.2 Å². The molecule has 1 N–H and O–H groups in total. The summed E-state index contributed by atoms with van der Waals surface area (Å²) in [4.78, 5) is 2.57. The van der Waals surface area contributed by atoms with Crippen LogP contribution in [0.25, 0.3) is 0 Å². The highest BCUT2D eigenvalue weighted by atomic mass is 35.5. The van der Waals surface area contributed by atoms with Crippen LogP contribution in [0, 0.1) is 0 Å². The average Bonchev–Trinajstić information content (AvgIpc) is 2.88. The van der Waals surface area contributed by atoms with Crippen molar-refractivity contribution in [1.82, 2.24) is 10.2 Å². The fourth-order valence-corrected chi connectivity index (χ4v) is 2.80. The van der Waals surface area contributed by atoms with Gasteiger partial charge in [0.05, 0.1) is 6.61 Å². The predicted molar refractivity (Wildman–Crippen MR) is 94.1 cm³/mol. The van der Waals surface area contributed by atoms with Gasteiger partial charge in [-0.1, -0.05) is 19.1 Å². The first-order valence-corrected chi connectivity index (χ1v) is 7.50. The molecule has 0 aliphatic carbocycles. The summed E-state index contributed by atoms with van der Waals surface area (Å²) in [5.74, 6) is 0.958. The Balaban J connectivity index is 0.00000200. The van der Waals surface area contributed by atoms with Gasteiger partial charge in [-0.05, 0) is 50.6 Å². The van der Waals surface area contributed by atoms with E-state index in [2.05, 4.69) is 41.4 Å². The zero-order chi connectivity index (χ0) is 13.5. The highest BCUT2D eigenvalue weighted by Crippen LogP contribution is 2.16. The molecule has 1 heterocycles. The van der Waals surface area contributed by atoms with Gasteiger partial charge >= 0.3 is 0 Å². The molecule has 2 rings (SSSR count). The Labute approximate surface area is 141 Å². The van der Waals surface area contributed by atoms with Crippen LogP contribution >= 0.6 is 24.8 Å². The number of nitrogens with zero attached hydrogens (tertiary/aromatic N) is 1. The molecule has 0 radical (unpaired) electrons. The van der Waals surface area contributed by atoms with Gasteiger partial charge in [0.25, 0.3) is 0 Å². The van der Waals surface area contributed by atoms with Crippen LogP contribution in [-0.4, -0.2) is 37.2 Å². The van der Waals surface area contributed by atoms with E-state index in [0.29, 0.717) is 0 Å². The summed E-state index contributed by atoms with van der Waals surface area (Å²) in [6.45, 7) is 9.48. The van der Waals surface area contributed by atoms with E-state index in [1.54, 1.807) is 0 Å². The minimum absolute atomic E-state index is 0. The second-order valence-corrected chi connectivity index (χ2v) is 5.13. The van der Waals surface area contributed by atoms with Crippen molar-refractivity contribution in [3.8, 4) is 5.75 Å². The third-order valence-electron chi connectivity index (χ3n) is 3.85. The van der Waals surface area contributed by atoms with Gasteiger partial charge in [-0.2, -0.15) is 0 Å². The van der Waals surface area contributed by atoms with Crippen molar-refractivity contribution in [2.24, 2.45) is 0 Å². The lowest BCUT2D eigenvalue weighted by atomic mass is 10.2. The Morgan fingerprint density at radius 1 is 1.19 bits per heavy atom. The second kappa shape index (κ2) is 11.1. The Morgan fingerprint density at radius 3 is 2.52 bits per heavy atom. The molecule has 1 saturated heterocycles. The summed E-state index contributed by atoms with van der Waals surface area (Å²) in [6, 6.07) is 9.12. The molecule has 1 fully saturated rings. The summed E-state index contributed by atoms with van der Waals surface area (Å²) in [7, 11) is 0. The van der Waals surface area contributed by atoms with Crippen molar-refractivity contribution in [3.63, 3.8) is 0 Å². The van der Waals surface area contributed by atoms with Gasteiger partial charge in [-0.25, -0.2) is 0 Å². The van der Waals surface area contributed by atoms with E-state index in [1.165, 1.54) is 31.5 Å². The number of likely N-dealkylation sites (tertiary alicyclic amines) is 1. The van der Waals surface area contributed by atoms with Crippen molar-refractivity contribution >= 4 is 24.8 Å². The van der Waals surface area contributed by atoms with E-state index in [9.17, 15) is 0 Å². The maximum Gasteiger partial charge on any atom is 0.119 e. The largest absolute Gasteiger partial charge is 0.494 e. The number of halogens is 2. The minimum Gasteiger partial charge on any atom is -0.494 e. The molecule has 0 spiro atoms. The van der Waals surface area contributed by atoms with Crippen LogP contribution in [0.2, 0.25) is 0 Å². The predicted octanol–water partition coefficient (Wildman–Crippen LogP) is 3.50. The van der Waals surface area contributed by atoms with Gasteiger partial charge in [0.1, 0.15) is 5.75 Å². The molecule has 5 heteroatoms. The van der Waals surface area contributed by atoms with Crippen molar-refractivity contribution in [3.05, 3.63) is 29.8 Å². The first-order chi connectivity index (χ1) is 9.33. The normalized spacial score (nSPS) is 17.9. The SMILES string of the molecule is CCOc1ccc(CNCC2CCCN2CC)cc1.Cl.Cl. The third-order valence-corrected chi connectivity index (χ3v) is 3.85. The van der Waals surface area contributed by atoms with E-state index >= 15 is 0 Å². The van der Waals surface area contributed by atoms with E-state index < -0.39 is 0 Å². The lowest BCUT2D eigenvalue weighted by molar-refractivity contribution is 0.260. The molecule has 3 nitrogen and oxygen atoms in total. The monoisotopic (exact) mass is 334 g/mol. The van der Waals surface area contributed by atoms with E-state index in [4.69, 9.17) is 4.74 Å². The zero-order valence-electron chi connectivity index (χ0n) is 13.0.